The molecule has 1 N–H and O–H groups in total. The summed E-state index contributed by atoms with van der Waals surface area (Å²) in [5.74, 6) is -0.202. The molecule has 0 saturated heterocycles. The van der Waals surface area contributed by atoms with Crippen molar-refractivity contribution < 1.29 is 19.4 Å². The molecule has 0 saturated carbocycles. The molecule has 0 aromatic rings. The van der Waals surface area contributed by atoms with Gasteiger partial charge in [-0.25, -0.2) is 0 Å². The molecule has 0 bridgehead atoms. The number of allylic oxidation sites excluding steroid dienone is 8. The third-order valence-electron chi connectivity index (χ3n) is 8.92. The molecule has 0 fully saturated rings. The Morgan fingerprint density at radius 1 is 0.521 bits per heavy atom. The third kappa shape index (κ3) is 38.8. The molecule has 0 aliphatic rings. The van der Waals surface area contributed by atoms with Crippen LogP contribution in [0.1, 0.15) is 200 Å². The molecule has 0 heterocycles. The average molecular weight is 673 g/mol. The van der Waals surface area contributed by atoms with E-state index in [0.29, 0.717) is 19.6 Å². The van der Waals surface area contributed by atoms with Crippen molar-refractivity contribution in [1.29, 1.82) is 0 Å². The number of carbonyl (C=O) groups excluding carboxylic acids is 1. The van der Waals surface area contributed by atoms with Gasteiger partial charge in [0.05, 0.1) is 13.2 Å². The molecule has 0 aliphatic heterocycles. The van der Waals surface area contributed by atoms with Gasteiger partial charge in [-0.15, -0.1) is 0 Å². The van der Waals surface area contributed by atoms with Crippen molar-refractivity contribution in [1.82, 2.24) is 0 Å². The van der Waals surface area contributed by atoms with Gasteiger partial charge in [0.25, 0.3) is 0 Å². The van der Waals surface area contributed by atoms with Gasteiger partial charge in [-0.05, 0) is 51.4 Å². The number of aliphatic hydroxyl groups is 1. The van der Waals surface area contributed by atoms with Crippen LogP contribution in [-0.2, 0) is 14.3 Å². The minimum atomic E-state index is -0.535. The Hall–Kier alpha value is -1.65. The second kappa shape index (κ2) is 41.5. The van der Waals surface area contributed by atoms with E-state index in [9.17, 15) is 9.90 Å². The van der Waals surface area contributed by atoms with E-state index >= 15 is 0 Å². The zero-order chi connectivity index (χ0) is 34.9. The van der Waals surface area contributed by atoms with E-state index in [1.807, 2.05) is 0 Å². The first-order chi connectivity index (χ1) is 23.7. The fourth-order valence-electron chi connectivity index (χ4n) is 5.85. The van der Waals surface area contributed by atoms with Gasteiger partial charge in [-0.1, -0.05) is 191 Å². The molecule has 1 atom stereocenters. The minimum Gasteiger partial charge on any atom is -0.457 e. The number of hydrogen-bond acceptors (Lipinski definition) is 4. The van der Waals surface area contributed by atoms with Crippen LogP contribution in [0.25, 0.3) is 0 Å². The maximum Gasteiger partial charge on any atom is 0.306 e. The van der Waals surface area contributed by atoms with Crippen molar-refractivity contribution in [2.45, 2.75) is 206 Å². The number of rotatable bonds is 38. The second-order valence-electron chi connectivity index (χ2n) is 13.7. The molecule has 0 spiro atoms. The Bertz CT molecular complexity index is 753. The van der Waals surface area contributed by atoms with Crippen LogP contribution in [-0.4, -0.2) is 37.0 Å². The summed E-state index contributed by atoms with van der Waals surface area (Å²) >= 11 is 0. The SMILES string of the molecule is CC/C=C\C/C=C\C/C=C\C/C=C\CCCCCCCCCCCOCC(CO)OC(=O)CCCCCCCCCCCCCCCC. The normalized spacial score (nSPS) is 12.8. The van der Waals surface area contributed by atoms with Crippen LogP contribution in [0.5, 0.6) is 0 Å². The van der Waals surface area contributed by atoms with E-state index in [1.54, 1.807) is 0 Å². The average Bonchev–Trinajstić information content (AvgIpc) is 3.09. The maximum atomic E-state index is 12.2. The highest BCUT2D eigenvalue weighted by Gasteiger charge is 2.13. The zero-order valence-electron chi connectivity index (χ0n) is 32.0. The smallest absolute Gasteiger partial charge is 0.306 e. The van der Waals surface area contributed by atoms with Crippen molar-refractivity contribution in [3.05, 3.63) is 48.6 Å². The first-order valence-electron chi connectivity index (χ1n) is 20.7. The van der Waals surface area contributed by atoms with E-state index < -0.39 is 6.10 Å². The fourth-order valence-corrected chi connectivity index (χ4v) is 5.85. The van der Waals surface area contributed by atoms with E-state index in [-0.39, 0.29) is 12.6 Å². The second-order valence-corrected chi connectivity index (χ2v) is 13.7. The zero-order valence-corrected chi connectivity index (χ0v) is 32.0. The molecule has 0 radical (unpaired) electrons. The van der Waals surface area contributed by atoms with Gasteiger partial charge in [0.15, 0.2) is 0 Å². The standard InChI is InChI=1S/C44H80O4/c1-3-5-7-9-11-13-15-17-19-20-21-22-23-24-25-26-28-30-32-34-36-38-40-47-42-43(41-45)48-44(46)39-37-35-33-31-29-27-18-16-14-12-10-8-6-4-2/h5,7,11,13,17,19,21-22,43,45H,3-4,6,8-10,12,14-16,18,20,23-42H2,1-2H3/b7-5-,13-11-,19-17-,22-21-. The predicted octanol–water partition coefficient (Wildman–Crippen LogP) is 13.5. The maximum absolute atomic E-state index is 12.2. The minimum absolute atomic E-state index is 0.173. The summed E-state index contributed by atoms with van der Waals surface area (Å²) in [6.45, 7) is 5.23. The van der Waals surface area contributed by atoms with Gasteiger partial charge in [0, 0.05) is 13.0 Å². The van der Waals surface area contributed by atoms with Gasteiger partial charge < -0.3 is 14.6 Å². The van der Waals surface area contributed by atoms with Gasteiger partial charge in [0.1, 0.15) is 6.10 Å². The Morgan fingerprint density at radius 2 is 0.938 bits per heavy atom. The van der Waals surface area contributed by atoms with Crippen LogP contribution in [0.3, 0.4) is 0 Å². The third-order valence-corrected chi connectivity index (χ3v) is 8.92. The molecule has 0 amide bonds. The van der Waals surface area contributed by atoms with Crippen molar-refractivity contribution in [3.8, 4) is 0 Å². The van der Waals surface area contributed by atoms with Crippen LogP contribution in [0.4, 0.5) is 0 Å². The Labute approximate surface area is 299 Å². The van der Waals surface area contributed by atoms with Crippen molar-refractivity contribution in [2.24, 2.45) is 0 Å². The molecular formula is C44H80O4. The largest absolute Gasteiger partial charge is 0.457 e. The van der Waals surface area contributed by atoms with E-state index in [4.69, 9.17) is 9.47 Å². The summed E-state index contributed by atoms with van der Waals surface area (Å²) in [6, 6.07) is 0. The van der Waals surface area contributed by atoms with E-state index in [2.05, 4.69) is 62.5 Å². The lowest BCUT2D eigenvalue weighted by Crippen LogP contribution is -2.27. The van der Waals surface area contributed by atoms with Crippen LogP contribution >= 0.6 is 0 Å². The number of unbranched alkanes of at least 4 members (excludes halogenated alkanes) is 22. The molecule has 1 unspecified atom stereocenters. The first kappa shape index (κ1) is 46.4. The lowest BCUT2D eigenvalue weighted by atomic mass is 10.0. The number of hydrogen-bond donors (Lipinski definition) is 1. The van der Waals surface area contributed by atoms with Gasteiger partial charge in [-0.2, -0.15) is 0 Å². The Morgan fingerprint density at radius 3 is 1.42 bits per heavy atom. The van der Waals surface area contributed by atoms with Crippen molar-refractivity contribution in [3.63, 3.8) is 0 Å². The molecule has 0 aliphatic carbocycles. The van der Waals surface area contributed by atoms with Crippen LogP contribution in [0, 0.1) is 0 Å². The molecule has 0 aromatic heterocycles. The summed E-state index contributed by atoms with van der Waals surface area (Å²) in [5, 5.41) is 9.59. The molecule has 0 aromatic carbocycles. The van der Waals surface area contributed by atoms with Crippen molar-refractivity contribution >= 4 is 5.97 Å². The Balaban J connectivity index is 3.43. The first-order valence-corrected chi connectivity index (χ1v) is 20.7. The number of aliphatic hydroxyl groups excluding tert-OH is 1. The predicted molar refractivity (Wildman–Crippen MR) is 210 cm³/mol. The topological polar surface area (TPSA) is 55.8 Å². The molecule has 0 rings (SSSR count). The molecular weight excluding hydrogens is 592 g/mol. The van der Waals surface area contributed by atoms with Gasteiger partial charge in [-0.3, -0.25) is 4.79 Å². The van der Waals surface area contributed by atoms with Crippen molar-refractivity contribution in [2.75, 3.05) is 19.8 Å². The number of esters is 1. The molecule has 4 heteroatoms. The highest BCUT2D eigenvalue weighted by molar-refractivity contribution is 5.69. The lowest BCUT2D eigenvalue weighted by Gasteiger charge is -2.16. The summed E-state index contributed by atoms with van der Waals surface area (Å²) in [5.41, 5.74) is 0. The summed E-state index contributed by atoms with van der Waals surface area (Å²) in [6.07, 6.45) is 53.1. The van der Waals surface area contributed by atoms with Gasteiger partial charge in [0.2, 0.25) is 0 Å². The fraction of sp³-hybridized carbons (Fsp3) is 0.795. The van der Waals surface area contributed by atoms with Crippen LogP contribution in [0.2, 0.25) is 0 Å². The molecule has 280 valence electrons. The van der Waals surface area contributed by atoms with E-state index in [0.717, 1.165) is 44.9 Å². The van der Waals surface area contributed by atoms with Gasteiger partial charge >= 0.3 is 5.97 Å². The monoisotopic (exact) mass is 673 g/mol. The molecule has 4 nitrogen and oxygen atoms in total. The highest BCUT2D eigenvalue weighted by atomic mass is 16.6. The summed E-state index contributed by atoms with van der Waals surface area (Å²) in [7, 11) is 0. The number of carbonyl (C=O) groups is 1. The Kier molecular flexibility index (Phi) is 40.1. The lowest BCUT2D eigenvalue weighted by molar-refractivity contribution is -0.154. The van der Waals surface area contributed by atoms with Crippen LogP contribution in [0.15, 0.2) is 48.6 Å². The molecule has 48 heavy (non-hydrogen) atoms. The number of ether oxygens (including phenoxy) is 2. The summed E-state index contributed by atoms with van der Waals surface area (Å²) < 4.78 is 11.1. The van der Waals surface area contributed by atoms with Crippen LogP contribution < -0.4 is 0 Å². The quantitative estimate of drug-likeness (QED) is 0.0403. The summed E-state index contributed by atoms with van der Waals surface area (Å²) in [4.78, 5) is 12.2. The highest BCUT2D eigenvalue weighted by Crippen LogP contribution is 2.14. The van der Waals surface area contributed by atoms with E-state index in [1.165, 1.54) is 135 Å².